The zero-order chi connectivity index (χ0) is 12.1. The van der Waals surface area contributed by atoms with Crippen molar-refractivity contribution in [2.75, 3.05) is 12.4 Å². The molecule has 1 heterocycles. The zero-order valence-electron chi connectivity index (χ0n) is 8.56. The molecule has 0 saturated carbocycles. The van der Waals surface area contributed by atoms with E-state index in [0.717, 1.165) is 0 Å². The molecular weight excluding hydrogens is 214 g/mol. The fourth-order valence-electron chi connectivity index (χ4n) is 1.19. The van der Waals surface area contributed by atoms with Gasteiger partial charge in [-0.2, -0.15) is 0 Å². The van der Waals surface area contributed by atoms with Gasteiger partial charge in [0.25, 0.3) is 5.91 Å². The third-order valence-corrected chi connectivity index (χ3v) is 1.80. The van der Waals surface area contributed by atoms with Crippen molar-refractivity contribution in [3.63, 3.8) is 0 Å². The van der Waals surface area contributed by atoms with Crippen LogP contribution in [0.2, 0.25) is 0 Å². The smallest absolute Gasteiger partial charge is 0.271 e. The number of nitrogens with two attached hydrogens (primary N) is 1. The highest BCUT2D eigenvalue weighted by Crippen LogP contribution is 2.12. The summed E-state index contributed by atoms with van der Waals surface area (Å²) < 4.78 is 1.26. The summed E-state index contributed by atoms with van der Waals surface area (Å²) in [5, 5.41) is 4.63. The molecule has 0 aliphatic carbocycles. The van der Waals surface area contributed by atoms with Gasteiger partial charge >= 0.3 is 0 Å². The summed E-state index contributed by atoms with van der Waals surface area (Å²) in [5.74, 6) is -1.00. The Bertz CT molecular complexity index is 425. The number of rotatable bonds is 5. The van der Waals surface area contributed by atoms with Gasteiger partial charge in [-0.25, -0.2) is 4.98 Å². The first-order chi connectivity index (χ1) is 7.60. The van der Waals surface area contributed by atoms with Crippen molar-refractivity contribution < 1.29 is 14.4 Å². The van der Waals surface area contributed by atoms with Crippen LogP contribution in [0.15, 0.2) is 6.33 Å². The summed E-state index contributed by atoms with van der Waals surface area (Å²) in [7, 11) is 1.43. The van der Waals surface area contributed by atoms with Crippen molar-refractivity contribution in [3.05, 3.63) is 12.0 Å². The predicted octanol–water partition coefficient (Wildman–Crippen LogP) is -1.70. The van der Waals surface area contributed by atoms with Gasteiger partial charge in [-0.3, -0.25) is 14.4 Å². The Balaban J connectivity index is 3.13. The maximum atomic E-state index is 11.5. The molecule has 4 N–H and O–H groups in total. The molecule has 16 heavy (non-hydrogen) atoms. The van der Waals surface area contributed by atoms with Crippen molar-refractivity contribution in [3.8, 4) is 0 Å². The van der Waals surface area contributed by atoms with E-state index in [1.54, 1.807) is 0 Å². The number of hydrogen-bond acceptors (Lipinski definition) is 4. The van der Waals surface area contributed by atoms with E-state index in [1.165, 1.54) is 17.9 Å². The number of nitrogens with zero attached hydrogens (tertiary/aromatic N) is 2. The SMILES string of the molecule is CNC(=O)c1c(NC=O)ncn1CC(N)=O. The van der Waals surface area contributed by atoms with E-state index in [4.69, 9.17) is 5.73 Å². The minimum atomic E-state index is -0.611. The second kappa shape index (κ2) is 4.91. The van der Waals surface area contributed by atoms with Crippen LogP contribution in [0.3, 0.4) is 0 Å². The van der Waals surface area contributed by atoms with Gasteiger partial charge in [0.2, 0.25) is 12.3 Å². The largest absolute Gasteiger partial charge is 0.368 e. The molecule has 3 amide bonds. The van der Waals surface area contributed by atoms with Crippen LogP contribution in [0.4, 0.5) is 5.82 Å². The van der Waals surface area contributed by atoms with E-state index < -0.39 is 11.8 Å². The molecule has 1 aromatic rings. The molecule has 0 aliphatic rings. The van der Waals surface area contributed by atoms with E-state index in [2.05, 4.69) is 15.6 Å². The second-order valence-corrected chi connectivity index (χ2v) is 2.88. The maximum absolute atomic E-state index is 11.5. The van der Waals surface area contributed by atoms with Gasteiger partial charge in [0, 0.05) is 7.05 Å². The molecule has 0 fully saturated rings. The lowest BCUT2D eigenvalue weighted by Gasteiger charge is -2.05. The number of amides is 3. The molecular formula is C8H11N5O3. The number of nitrogens with one attached hydrogen (secondary N) is 2. The number of hydrogen-bond donors (Lipinski definition) is 3. The van der Waals surface area contributed by atoms with Gasteiger partial charge in [-0.15, -0.1) is 0 Å². The van der Waals surface area contributed by atoms with Crippen molar-refractivity contribution in [1.29, 1.82) is 0 Å². The van der Waals surface area contributed by atoms with Crippen LogP contribution in [0.25, 0.3) is 0 Å². The normalized spacial score (nSPS) is 9.56. The predicted molar refractivity (Wildman–Crippen MR) is 54.5 cm³/mol. The third-order valence-electron chi connectivity index (χ3n) is 1.80. The molecule has 0 unspecified atom stereocenters. The van der Waals surface area contributed by atoms with Gasteiger partial charge in [-0.1, -0.05) is 0 Å². The molecule has 1 aromatic heterocycles. The Hall–Kier alpha value is -2.38. The van der Waals surface area contributed by atoms with Crippen LogP contribution < -0.4 is 16.4 Å². The summed E-state index contributed by atoms with van der Waals surface area (Å²) >= 11 is 0. The van der Waals surface area contributed by atoms with Gasteiger partial charge < -0.3 is 20.9 Å². The first kappa shape index (κ1) is 11.7. The van der Waals surface area contributed by atoms with E-state index in [1.807, 2.05) is 0 Å². The quantitative estimate of drug-likeness (QED) is 0.517. The second-order valence-electron chi connectivity index (χ2n) is 2.88. The fourth-order valence-corrected chi connectivity index (χ4v) is 1.19. The van der Waals surface area contributed by atoms with E-state index in [0.29, 0.717) is 6.41 Å². The average molecular weight is 225 g/mol. The number of anilines is 1. The first-order valence-corrected chi connectivity index (χ1v) is 4.35. The Morgan fingerprint density at radius 3 is 2.81 bits per heavy atom. The molecule has 8 nitrogen and oxygen atoms in total. The number of aromatic nitrogens is 2. The van der Waals surface area contributed by atoms with E-state index >= 15 is 0 Å². The Labute approximate surface area is 90.8 Å². The Kier molecular flexibility index (Phi) is 3.59. The molecule has 0 spiro atoms. The summed E-state index contributed by atoms with van der Waals surface area (Å²) in [5.41, 5.74) is 5.09. The fraction of sp³-hybridized carbons (Fsp3) is 0.250. The monoisotopic (exact) mass is 225 g/mol. The third kappa shape index (κ3) is 2.35. The summed E-state index contributed by atoms with van der Waals surface area (Å²) in [4.78, 5) is 36.3. The molecule has 0 aliphatic heterocycles. The highest BCUT2D eigenvalue weighted by atomic mass is 16.2. The highest BCUT2D eigenvalue weighted by molar-refractivity contribution is 5.99. The number of primary amides is 1. The summed E-state index contributed by atoms with van der Waals surface area (Å²) in [6, 6.07) is 0. The summed E-state index contributed by atoms with van der Waals surface area (Å²) in [6.45, 7) is -0.184. The number of carbonyl (C=O) groups is 3. The van der Waals surface area contributed by atoms with Crippen molar-refractivity contribution in [1.82, 2.24) is 14.9 Å². The van der Waals surface area contributed by atoms with Crippen molar-refractivity contribution >= 4 is 24.0 Å². The van der Waals surface area contributed by atoms with Crippen LogP contribution in [-0.2, 0) is 16.1 Å². The summed E-state index contributed by atoms with van der Waals surface area (Å²) in [6.07, 6.45) is 1.64. The lowest BCUT2D eigenvalue weighted by atomic mass is 10.4. The van der Waals surface area contributed by atoms with Gasteiger partial charge in [0.05, 0.1) is 6.33 Å². The van der Waals surface area contributed by atoms with Crippen LogP contribution in [-0.4, -0.2) is 34.8 Å². The molecule has 1 rings (SSSR count). The van der Waals surface area contributed by atoms with Gasteiger partial charge in [-0.05, 0) is 0 Å². The van der Waals surface area contributed by atoms with Crippen LogP contribution in [0.5, 0.6) is 0 Å². The Morgan fingerprint density at radius 1 is 1.62 bits per heavy atom. The molecule has 0 aromatic carbocycles. The minimum absolute atomic E-state index is 0.0772. The van der Waals surface area contributed by atoms with Crippen LogP contribution >= 0.6 is 0 Å². The first-order valence-electron chi connectivity index (χ1n) is 4.35. The van der Waals surface area contributed by atoms with E-state index in [-0.39, 0.29) is 18.1 Å². The van der Waals surface area contributed by atoms with Crippen molar-refractivity contribution in [2.45, 2.75) is 6.54 Å². The number of carbonyl (C=O) groups excluding carboxylic acids is 3. The Morgan fingerprint density at radius 2 is 2.31 bits per heavy atom. The average Bonchev–Trinajstić information content (AvgIpc) is 2.60. The van der Waals surface area contributed by atoms with Crippen LogP contribution in [0.1, 0.15) is 10.5 Å². The molecule has 86 valence electrons. The zero-order valence-corrected chi connectivity index (χ0v) is 8.56. The lowest BCUT2D eigenvalue weighted by molar-refractivity contribution is -0.118. The standard InChI is InChI=1S/C8H11N5O3/c1-10-8(16)6-7(12-4-14)11-3-13(6)2-5(9)15/h3-4H,2H2,1H3,(H2,9,15)(H,10,16)(H,12,14). The maximum Gasteiger partial charge on any atom is 0.271 e. The molecule has 0 bridgehead atoms. The molecule has 0 radical (unpaired) electrons. The van der Waals surface area contributed by atoms with E-state index in [9.17, 15) is 14.4 Å². The van der Waals surface area contributed by atoms with Gasteiger partial charge in [0.15, 0.2) is 11.5 Å². The lowest BCUT2D eigenvalue weighted by Crippen LogP contribution is -2.26. The molecule has 0 atom stereocenters. The minimum Gasteiger partial charge on any atom is -0.368 e. The van der Waals surface area contributed by atoms with Crippen molar-refractivity contribution in [2.24, 2.45) is 5.73 Å². The highest BCUT2D eigenvalue weighted by Gasteiger charge is 2.18. The van der Waals surface area contributed by atoms with Crippen LogP contribution in [0, 0.1) is 0 Å². The molecule has 8 heteroatoms. The number of imidazole rings is 1. The topological polar surface area (TPSA) is 119 Å². The molecule has 0 saturated heterocycles. The van der Waals surface area contributed by atoms with Gasteiger partial charge in [0.1, 0.15) is 6.54 Å².